The normalized spacial score (nSPS) is 21.9. The van der Waals surface area contributed by atoms with Crippen molar-refractivity contribution in [2.45, 2.75) is 64.1 Å². The molecule has 0 aromatic rings. The molecule has 1 fully saturated rings. The molecule has 0 radical (unpaired) electrons. The van der Waals surface area contributed by atoms with Gasteiger partial charge in [-0.1, -0.05) is 13.3 Å². The van der Waals surface area contributed by atoms with Crippen LogP contribution in [-0.4, -0.2) is 47.2 Å². The van der Waals surface area contributed by atoms with Crippen LogP contribution in [0.5, 0.6) is 0 Å². The fourth-order valence-electron chi connectivity index (χ4n) is 2.51. The lowest BCUT2D eigenvalue weighted by Gasteiger charge is -2.41. The van der Waals surface area contributed by atoms with Crippen LogP contribution < -0.4 is 5.32 Å². The van der Waals surface area contributed by atoms with Crippen LogP contribution in [0, 0.1) is 0 Å². The van der Waals surface area contributed by atoms with E-state index in [1.807, 2.05) is 6.92 Å². The third kappa shape index (κ3) is 3.42. The second kappa shape index (κ2) is 5.83. The lowest BCUT2D eigenvalue weighted by molar-refractivity contribution is -0.145. The van der Waals surface area contributed by atoms with Gasteiger partial charge >= 0.3 is 5.97 Å². The molecule has 2 unspecified atom stereocenters. The predicted octanol–water partition coefficient (Wildman–Crippen LogP) is 1.70. The second-order valence-electron chi connectivity index (χ2n) is 5.47. The molecule has 0 saturated heterocycles. The lowest BCUT2D eigenvalue weighted by atomic mass is 9.87. The van der Waals surface area contributed by atoms with E-state index >= 15 is 0 Å². The molecule has 1 aliphatic carbocycles. The number of rotatable bonds is 7. The van der Waals surface area contributed by atoms with E-state index in [-0.39, 0.29) is 0 Å². The Labute approximate surface area is 104 Å². The number of hydrogen-bond donors (Lipinski definition) is 2. The molecule has 1 aliphatic rings. The van der Waals surface area contributed by atoms with E-state index in [0.717, 1.165) is 0 Å². The van der Waals surface area contributed by atoms with E-state index in [1.54, 1.807) is 6.92 Å². The van der Waals surface area contributed by atoms with Crippen molar-refractivity contribution in [3.8, 4) is 0 Å². The number of aliphatic carboxylic acids is 1. The fourth-order valence-corrected chi connectivity index (χ4v) is 2.51. The Morgan fingerprint density at radius 2 is 2.18 bits per heavy atom. The summed E-state index contributed by atoms with van der Waals surface area (Å²) in [6.07, 6.45) is 4.46. The molecule has 0 heterocycles. The number of carboxylic acid groups (broad SMARTS) is 1. The Kier molecular flexibility index (Phi) is 4.95. The van der Waals surface area contributed by atoms with Crippen molar-refractivity contribution in [1.82, 2.24) is 10.2 Å². The first-order valence-corrected chi connectivity index (χ1v) is 6.61. The molecule has 1 saturated carbocycles. The maximum absolute atomic E-state index is 11.3. The van der Waals surface area contributed by atoms with Gasteiger partial charge in [-0.3, -0.25) is 4.79 Å². The minimum absolute atomic E-state index is 0.292. The Morgan fingerprint density at radius 3 is 2.53 bits per heavy atom. The van der Waals surface area contributed by atoms with Crippen molar-refractivity contribution in [1.29, 1.82) is 0 Å². The number of nitrogens with one attached hydrogen (secondary N) is 1. The molecule has 4 heteroatoms. The molecule has 0 spiro atoms. The third-order valence-corrected chi connectivity index (χ3v) is 4.09. The Hall–Kier alpha value is -0.610. The summed E-state index contributed by atoms with van der Waals surface area (Å²) in [4.78, 5) is 13.7. The number of likely N-dealkylation sites (N-methyl/N-ethyl adjacent to an activating group) is 1. The zero-order valence-corrected chi connectivity index (χ0v) is 11.5. The summed E-state index contributed by atoms with van der Waals surface area (Å²) < 4.78 is 0. The summed E-state index contributed by atoms with van der Waals surface area (Å²) in [6, 6.07) is 0.949. The van der Waals surface area contributed by atoms with E-state index in [1.165, 1.54) is 19.3 Å². The number of carboxylic acids is 1. The molecular weight excluding hydrogens is 216 g/mol. The van der Waals surface area contributed by atoms with Crippen LogP contribution in [0.25, 0.3) is 0 Å². The van der Waals surface area contributed by atoms with Gasteiger partial charge in [-0.2, -0.15) is 0 Å². The van der Waals surface area contributed by atoms with Gasteiger partial charge < -0.3 is 15.3 Å². The summed E-state index contributed by atoms with van der Waals surface area (Å²) in [5, 5.41) is 12.4. The largest absolute Gasteiger partial charge is 0.480 e. The van der Waals surface area contributed by atoms with E-state index in [2.05, 4.69) is 24.2 Å². The van der Waals surface area contributed by atoms with E-state index in [0.29, 0.717) is 25.0 Å². The maximum atomic E-state index is 11.3. The van der Waals surface area contributed by atoms with Crippen LogP contribution in [0.4, 0.5) is 0 Å². The van der Waals surface area contributed by atoms with Crippen molar-refractivity contribution in [2.75, 3.05) is 13.6 Å². The Balaban J connectivity index is 2.56. The first kappa shape index (κ1) is 14.5. The van der Waals surface area contributed by atoms with Crippen LogP contribution in [0.1, 0.15) is 46.5 Å². The quantitative estimate of drug-likeness (QED) is 0.713. The molecule has 0 bridgehead atoms. The highest BCUT2D eigenvalue weighted by molar-refractivity contribution is 5.78. The van der Waals surface area contributed by atoms with Gasteiger partial charge in [0.25, 0.3) is 0 Å². The maximum Gasteiger partial charge on any atom is 0.323 e. The number of nitrogens with zero attached hydrogens (tertiary/aromatic N) is 1. The van der Waals surface area contributed by atoms with Gasteiger partial charge in [0.2, 0.25) is 0 Å². The van der Waals surface area contributed by atoms with Gasteiger partial charge in [-0.25, -0.2) is 0 Å². The van der Waals surface area contributed by atoms with Gasteiger partial charge in [0.05, 0.1) is 0 Å². The highest BCUT2D eigenvalue weighted by atomic mass is 16.4. The third-order valence-electron chi connectivity index (χ3n) is 4.09. The van der Waals surface area contributed by atoms with E-state index in [4.69, 9.17) is 0 Å². The topological polar surface area (TPSA) is 52.6 Å². The monoisotopic (exact) mass is 242 g/mol. The van der Waals surface area contributed by atoms with Gasteiger partial charge in [0.15, 0.2) is 0 Å². The molecule has 2 atom stereocenters. The molecule has 0 aromatic carbocycles. The summed E-state index contributed by atoms with van der Waals surface area (Å²) >= 11 is 0. The molecule has 4 nitrogen and oxygen atoms in total. The first-order valence-electron chi connectivity index (χ1n) is 6.61. The lowest BCUT2D eigenvalue weighted by Crippen LogP contribution is -2.54. The van der Waals surface area contributed by atoms with Gasteiger partial charge in [-0.15, -0.1) is 0 Å². The van der Waals surface area contributed by atoms with Crippen molar-refractivity contribution in [3.63, 3.8) is 0 Å². The zero-order valence-electron chi connectivity index (χ0n) is 11.5. The van der Waals surface area contributed by atoms with Crippen LogP contribution in [-0.2, 0) is 4.79 Å². The number of hydrogen-bond acceptors (Lipinski definition) is 3. The molecule has 17 heavy (non-hydrogen) atoms. The molecule has 2 N–H and O–H groups in total. The standard InChI is InChI=1S/C13H26N2O2/c1-5-14-13(3,12(16)17)9-10(2)15(4)11-7-6-8-11/h10-11,14H,5-9H2,1-4H3,(H,16,17). The van der Waals surface area contributed by atoms with Gasteiger partial charge in [0.1, 0.15) is 5.54 Å². The van der Waals surface area contributed by atoms with Crippen molar-refractivity contribution >= 4 is 5.97 Å². The highest BCUT2D eigenvalue weighted by Gasteiger charge is 2.36. The van der Waals surface area contributed by atoms with Crippen molar-refractivity contribution in [2.24, 2.45) is 0 Å². The molecule has 100 valence electrons. The Morgan fingerprint density at radius 1 is 1.59 bits per heavy atom. The SMILES string of the molecule is CCNC(C)(CC(C)N(C)C1CCC1)C(=O)O. The van der Waals surface area contributed by atoms with Crippen LogP contribution in [0.15, 0.2) is 0 Å². The average Bonchev–Trinajstić information content (AvgIpc) is 2.14. The van der Waals surface area contributed by atoms with Crippen molar-refractivity contribution < 1.29 is 9.90 Å². The van der Waals surface area contributed by atoms with Crippen molar-refractivity contribution in [3.05, 3.63) is 0 Å². The molecule has 0 aromatic heterocycles. The first-order chi connectivity index (χ1) is 7.90. The molecule has 0 amide bonds. The van der Waals surface area contributed by atoms with E-state index < -0.39 is 11.5 Å². The van der Waals surface area contributed by atoms with E-state index in [9.17, 15) is 9.90 Å². The minimum atomic E-state index is -0.813. The summed E-state index contributed by atoms with van der Waals surface area (Å²) in [5.74, 6) is -0.756. The average molecular weight is 242 g/mol. The summed E-state index contributed by atoms with van der Waals surface area (Å²) in [7, 11) is 2.11. The van der Waals surface area contributed by atoms with Gasteiger partial charge in [0, 0.05) is 12.1 Å². The number of carbonyl (C=O) groups is 1. The molecule has 1 rings (SSSR count). The highest BCUT2D eigenvalue weighted by Crippen LogP contribution is 2.27. The van der Waals surface area contributed by atoms with Gasteiger partial charge in [-0.05, 0) is 46.7 Å². The fraction of sp³-hybridized carbons (Fsp3) is 0.923. The zero-order chi connectivity index (χ0) is 13.1. The minimum Gasteiger partial charge on any atom is -0.480 e. The smallest absolute Gasteiger partial charge is 0.323 e. The Bertz CT molecular complexity index is 266. The summed E-state index contributed by atoms with van der Waals surface area (Å²) in [6.45, 7) is 6.53. The summed E-state index contributed by atoms with van der Waals surface area (Å²) in [5.41, 5.74) is -0.813. The van der Waals surface area contributed by atoms with Crippen LogP contribution >= 0.6 is 0 Å². The van der Waals surface area contributed by atoms with Crippen LogP contribution in [0.2, 0.25) is 0 Å². The molecular formula is C13H26N2O2. The van der Waals surface area contributed by atoms with Crippen LogP contribution in [0.3, 0.4) is 0 Å². The second-order valence-corrected chi connectivity index (χ2v) is 5.47. The molecule has 0 aliphatic heterocycles. The predicted molar refractivity (Wildman–Crippen MR) is 69.2 cm³/mol.